The van der Waals surface area contributed by atoms with Gasteiger partial charge in [-0.05, 0) is 119 Å². The van der Waals surface area contributed by atoms with Crippen LogP contribution in [0.3, 0.4) is 0 Å². The lowest BCUT2D eigenvalue weighted by Crippen LogP contribution is -2.00. The van der Waals surface area contributed by atoms with Crippen molar-refractivity contribution in [1.82, 2.24) is 9.55 Å². The number of para-hydroxylation sites is 2. The average molecular weight is 692 g/mol. The maximum Gasteiger partial charge on any atom is 0.114 e. The molecule has 1 aromatic heterocycles. The monoisotopic (exact) mass is 691 g/mol. The molecule has 250 valence electrons. The Morgan fingerprint density at radius 2 is 1.11 bits per heavy atom. The Morgan fingerprint density at radius 1 is 0.509 bits per heavy atom. The fourth-order valence-corrected chi connectivity index (χ4v) is 7.47. The fourth-order valence-electron chi connectivity index (χ4n) is 7.47. The van der Waals surface area contributed by atoms with Crippen LogP contribution in [0.4, 0.5) is 0 Å². The summed E-state index contributed by atoms with van der Waals surface area (Å²) in [6, 6.07) is 34.5. The molecule has 0 N–H and O–H groups in total. The second-order valence-electron chi connectivity index (χ2n) is 12.8. The van der Waals surface area contributed by atoms with Gasteiger partial charge in [-0.3, -0.25) is 4.57 Å². The highest BCUT2D eigenvalue weighted by Gasteiger charge is 2.19. The molecule has 0 radical (unpaired) electrons. The normalized spacial score (nSPS) is 16.1. The van der Waals surface area contributed by atoms with Gasteiger partial charge in [-0.25, -0.2) is 4.98 Å². The summed E-state index contributed by atoms with van der Waals surface area (Å²) < 4.78 is 128. The van der Waals surface area contributed by atoms with Crippen molar-refractivity contribution in [3.05, 3.63) is 194 Å². The molecule has 0 aliphatic rings. The fraction of sp³-hybridized carbons (Fsp3) is 0.0392. The van der Waals surface area contributed by atoms with Crippen molar-refractivity contribution in [2.75, 3.05) is 0 Å². The predicted molar refractivity (Wildman–Crippen MR) is 225 cm³/mol. The number of hydrogen-bond donors (Lipinski definition) is 0. The Morgan fingerprint density at radius 3 is 1.89 bits per heavy atom. The van der Waals surface area contributed by atoms with Crippen molar-refractivity contribution in [3.8, 4) is 50.2 Å². The van der Waals surface area contributed by atoms with Crippen LogP contribution in [0.2, 0.25) is 0 Å². The first-order chi connectivity index (χ1) is 32.3. The van der Waals surface area contributed by atoms with E-state index in [-0.39, 0.29) is 41.1 Å². The van der Waals surface area contributed by atoms with E-state index in [0.717, 1.165) is 38.1 Å². The SMILES string of the molecule is [2H]c1c([2H])c([2H])c(-c2cccc(-c3c4ccccc4c(-c4ccc5cc(-n6c(C([2H])([2H])C([2H])([2H])[2H])nc7ccccc76)ccc5c4)c4ccc(-c5c([2H])c([2H])c([2H])c([2H])c5[2H])cc34)c2)c([2H])c1[2H]. The minimum absolute atomic E-state index is 0.0220. The molecular weight excluding hydrogens is 641 g/mol. The van der Waals surface area contributed by atoms with E-state index in [2.05, 4.69) is 4.98 Å². The Labute approximate surface area is 330 Å². The van der Waals surface area contributed by atoms with Gasteiger partial charge in [0, 0.05) is 18.9 Å². The highest BCUT2D eigenvalue weighted by molar-refractivity contribution is 6.22. The number of imidazole rings is 1. The zero-order chi connectivity index (χ0) is 48.3. The van der Waals surface area contributed by atoms with Crippen molar-refractivity contribution in [2.45, 2.75) is 13.2 Å². The third kappa shape index (κ3) is 5.30. The first-order valence-electron chi connectivity index (χ1n) is 24.6. The Bertz CT molecular complexity index is 3720. The van der Waals surface area contributed by atoms with Crippen LogP contribution in [-0.2, 0) is 6.37 Å². The molecule has 0 spiro atoms. The molecule has 2 heteroatoms. The van der Waals surface area contributed by atoms with Gasteiger partial charge in [0.15, 0.2) is 0 Å². The highest BCUT2D eigenvalue weighted by atomic mass is 15.1. The second kappa shape index (κ2) is 12.8. The molecule has 10 aromatic rings. The lowest BCUT2D eigenvalue weighted by atomic mass is 9.84. The number of aromatic nitrogens is 2. The number of fused-ring (bicyclic) bond motifs is 4. The summed E-state index contributed by atoms with van der Waals surface area (Å²) >= 11 is 0. The van der Waals surface area contributed by atoms with Crippen LogP contribution in [0.5, 0.6) is 0 Å². The van der Waals surface area contributed by atoms with E-state index >= 15 is 0 Å². The Balaban J connectivity index is 1.23. The van der Waals surface area contributed by atoms with E-state index in [1.54, 1.807) is 59.2 Å². The topological polar surface area (TPSA) is 17.8 Å². The van der Waals surface area contributed by atoms with Crippen LogP contribution < -0.4 is 0 Å². The molecule has 0 fully saturated rings. The Hall–Kier alpha value is -6.77. The molecule has 9 aromatic carbocycles. The third-order valence-electron chi connectivity index (χ3n) is 9.80. The quantitative estimate of drug-likeness (QED) is 0.159. The molecule has 53 heavy (non-hydrogen) atoms. The van der Waals surface area contributed by atoms with Crippen molar-refractivity contribution in [2.24, 2.45) is 0 Å². The second-order valence-corrected chi connectivity index (χ2v) is 12.8. The van der Waals surface area contributed by atoms with E-state index in [1.807, 2.05) is 72.8 Å². The van der Waals surface area contributed by atoms with Crippen LogP contribution in [0.25, 0.3) is 93.5 Å². The predicted octanol–water partition coefficient (Wildman–Crippen LogP) is 13.7. The van der Waals surface area contributed by atoms with Gasteiger partial charge in [0.1, 0.15) is 5.82 Å². The van der Waals surface area contributed by atoms with Crippen molar-refractivity contribution < 1.29 is 20.6 Å². The van der Waals surface area contributed by atoms with Gasteiger partial charge in [-0.2, -0.15) is 0 Å². The van der Waals surface area contributed by atoms with Gasteiger partial charge >= 0.3 is 0 Å². The summed E-state index contributed by atoms with van der Waals surface area (Å²) in [5.74, 6) is -0.241. The van der Waals surface area contributed by atoms with E-state index in [0.29, 0.717) is 44.4 Å². The van der Waals surface area contributed by atoms with Gasteiger partial charge in [-0.1, -0.05) is 152 Å². The first-order valence-corrected chi connectivity index (χ1v) is 17.1. The molecule has 0 unspecified atom stereocenters. The molecular formula is C51H36N2. The molecule has 0 saturated carbocycles. The highest BCUT2D eigenvalue weighted by Crippen LogP contribution is 2.46. The largest absolute Gasteiger partial charge is 0.296 e. The van der Waals surface area contributed by atoms with Crippen LogP contribution >= 0.6 is 0 Å². The summed E-state index contributed by atoms with van der Waals surface area (Å²) in [6.07, 6.45) is -2.78. The summed E-state index contributed by atoms with van der Waals surface area (Å²) in [4.78, 5) is 4.47. The van der Waals surface area contributed by atoms with Gasteiger partial charge < -0.3 is 0 Å². The van der Waals surface area contributed by atoms with Gasteiger partial charge in [0.25, 0.3) is 0 Å². The zero-order valence-electron chi connectivity index (χ0n) is 43.0. The zero-order valence-corrected chi connectivity index (χ0v) is 28.0. The maximum absolute atomic E-state index is 8.87. The number of hydrogen-bond acceptors (Lipinski definition) is 1. The number of nitrogens with zero attached hydrogens (tertiary/aromatic N) is 2. The Kier molecular flexibility index (Phi) is 4.62. The summed E-state index contributed by atoms with van der Waals surface area (Å²) in [6.45, 7) is -3.00. The third-order valence-corrected chi connectivity index (χ3v) is 9.80. The maximum atomic E-state index is 8.87. The van der Waals surface area contributed by atoms with Gasteiger partial charge in [0.05, 0.1) is 24.7 Å². The van der Waals surface area contributed by atoms with Crippen LogP contribution in [0.15, 0.2) is 188 Å². The summed E-state index contributed by atoms with van der Waals surface area (Å²) in [5, 5.41) is 4.63. The molecule has 0 bridgehead atoms. The van der Waals surface area contributed by atoms with Gasteiger partial charge in [0.2, 0.25) is 0 Å². The molecule has 0 amide bonds. The standard InChI is InChI=1S/C51H36N2/c1-2-49-52-47-22-11-12-23-48(47)53(49)42-28-26-37-31-41(25-24-38(37)32-42)50-43-20-9-10-21-44(43)51(40-19-13-18-36(30-40)34-14-5-3-6-15-34)46-33-39(27-29-45(46)50)35-16-7-4-8-17-35/h3-33H,2H2,1H3/i1D3,2D2,3D,4D,5D,6D,7D,8D,14D,15D,16D,17D. The van der Waals surface area contributed by atoms with Crippen LogP contribution in [0, 0.1) is 0 Å². The number of aryl methyl sites for hydroxylation is 1. The van der Waals surface area contributed by atoms with Crippen molar-refractivity contribution >= 4 is 43.4 Å². The summed E-state index contributed by atoms with van der Waals surface area (Å²) in [5.41, 5.74) is 5.32. The molecule has 1 heterocycles. The lowest BCUT2D eigenvalue weighted by Gasteiger charge is -2.19. The van der Waals surface area contributed by atoms with Crippen molar-refractivity contribution in [1.29, 1.82) is 0 Å². The van der Waals surface area contributed by atoms with Crippen LogP contribution in [0.1, 0.15) is 33.2 Å². The first kappa shape index (κ1) is 19.2. The van der Waals surface area contributed by atoms with Gasteiger partial charge in [-0.15, -0.1) is 0 Å². The molecule has 0 saturated heterocycles. The van der Waals surface area contributed by atoms with Crippen molar-refractivity contribution in [3.63, 3.8) is 0 Å². The van der Waals surface area contributed by atoms with E-state index < -0.39 is 49.5 Å². The van der Waals surface area contributed by atoms with E-state index in [9.17, 15) is 0 Å². The smallest absolute Gasteiger partial charge is 0.114 e. The molecule has 2 nitrogen and oxygen atoms in total. The van der Waals surface area contributed by atoms with E-state index in [4.69, 9.17) is 20.6 Å². The molecule has 0 aliphatic heterocycles. The minimum atomic E-state index is -3.00. The van der Waals surface area contributed by atoms with E-state index in [1.165, 1.54) is 0 Å². The lowest BCUT2D eigenvalue weighted by molar-refractivity contribution is 0.909. The molecule has 0 aliphatic carbocycles. The number of benzene rings is 9. The summed E-state index contributed by atoms with van der Waals surface area (Å²) in [7, 11) is 0. The average Bonchev–Trinajstić information content (AvgIpc) is 3.73. The van der Waals surface area contributed by atoms with Crippen LogP contribution in [-0.4, -0.2) is 9.55 Å². The number of rotatable bonds is 6. The molecule has 10 rings (SSSR count). The minimum Gasteiger partial charge on any atom is -0.296 e. The molecule has 0 atom stereocenters.